The van der Waals surface area contributed by atoms with Gasteiger partial charge in [-0.2, -0.15) is 4.37 Å². The van der Waals surface area contributed by atoms with Crippen LogP contribution >= 0.6 is 11.5 Å². The van der Waals surface area contributed by atoms with Gasteiger partial charge in [-0.1, -0.05) is 24.3 Å². The second-order valence-electron chi connectivity index (χ2n) is 8.19. The van der Waals surface area contributed by atoms with E-state index < -0.39 is 18.6 Å². The summed E-state index contributed by atoms with van der Waals surface area (Å²) in [7, 11) is 1.64. The van der Waals surface area contributed by atoms with Crippen LogP contribution in [0.5, 0.6) is 17.2 Å². The highest BCUT2D eigenvalue weighted by Gasteiger charge is 2.18. The Morgan fingerprint density at radius 2 is 1.97 bits per heavy atom. The molecule has 3 aromatic carbocycles. The predicted octanol–water partition coefficient (Wildman–Crippen LogP) is 4.02. The van der Waals surface area contributed by atoms with Gasteiger partial charge in [-0.3, -0.25) is 10.1 Å². The topological polar surface area (TPSA) is 122 Å². The highest BCUT2D eigenvalue weighted by Crippen LogP contribution is 2.42. The molecule has 36 heavy (non-hydrogen) atoms. The lowest BCUT2D eigenvalue weighted by molar-refractivity contribution is -0.140. The van der Waals surface area contributed by atoms with Gasteiger partial charge < -0.3 is 29.7 Å². The first-order valence-corrected chi connectivity index (χ1v) is 12.1. The van der Waals surface area contributed by atoms with Gasteiger partial charge in [0.25, 0.3) is 0 Å². The average molecular weight is 508 g/mol. The van der Waals surface area contributed by atoms with Gasteiger partial charge in [0.1, 0.15) is 25.0 Å². The van der Waals surface area contributed by atoms with Crippen molar-refractivity contribution in [3.63, 3.8) is 0 Å². The lowest BCUT2D eigenvalue weighted by Crippen LogP contribution is -2.39. The standard InChI is InChI=1S/C26H25N3O6S/c1-33-24-17(16-6-8-21-22(12-16)35-10-9-34-21)3-2-4-19(24)28-25-18-7-5-15(11-23(18)36-29-25)13-27-20(14-30)26(31)32/h2-8,11-12,20,27,30H,9-10,13-14H2,1H3,(H,28,29)(H,31,32)/t20-/m0/s1. The second-order valence-corrected chi connectivity index (χ2v) is 8.99. The van der Waals surface area contributed by atoms with E-state index in [0.717, 1.165) is 38.2 Å². The summed E-state index contributed by atoms with van der Waals surface area (Å²) in [5.41, 5.74) is 3.53. The number of ether oxygens (including phenoxy) is 3. The maximum atomic E-state index is 11.1. The van der Waals surface area contributed by atoms with Gasteiger partial charge in [-0.25, -0.2) is 0 Å². The van der Waals surface area contributed by atoms with E-state index in [1.165, 1.54) is 11.5 Å². The van der Waals surface area contributed by atoms with E-state index in [0.29, 0.717) is 37.1 Å². The van der Waals surface area contributed by atoms with E-state index in [1.807, 2.05) is 54.6 Å². The van der Waals surface area contributed by atoms with Crippen molar-refractivity contribution in [3.05, 3.63) is 60.2 Å². The Hall–Kier alpha value is -3.86. The number of aliphatic hydroxyl groups excluding tert-OH is 1. The molecule has 0 saturated heterocycles. The Bertz CT molecular complexity index is 1410. The Kier molecular flexibility index (Phi) is 6.90. The highest BCUT2D eigenvalue weighted by molar-refractivity contribution is 7.13. The Morgan fingerprint density at radius 3 is 2.75 bits per heavy atom. The normalized spacial score (nSPS) is 13.4. The number of hydrogen-bond acceptors (Lipinski definition) is 9. The Labute approximate surface area is 211 Å². The number of methoxy groups -OCH3 is 1. The average Bonchev–Trinajstić information content (AvgIpc) is 3.30. The third-order valence-electron chi connectivity index (χ3n) is 5.90. The molecule has 0 radical (unpaired) electrons. The summed E-state index contributed by atoms with van der Waals surface area (Å²) in [6.07, 6.45) is 0. The van der Waals surface area contributed by atoms with Crippen molar-refractivity contribution in [2.24, 2.45) is 0 Å². The molecule has 0 bridgehead atoms. The van der Waals surface area contributed by atoms with Gasteiger partial charge in [0.05, 0.1) is 24.1 Å². The number of fused-ring (bicyclic) bond motifs is 2. The molecule has 1 atom stereocenters. The summed E-state index contributed by atoms with van der Waals surface area (Å²) in [6.45, 7) is 0.907. The van der Waals surface area contributed by atoms with Gasteiger partial charge in [-0.05, 0) is 53.0 Å². The minimum Gasteiger partial charge on any atom is -0.494 e. The first-order valence-electron chi connectivity index (χ1n) is 11.4. The van der Waals surface area contributed by atoms with Crippen molar-refractivity contribution >= 4 is 39.1 Å². The summed E-state index contributed by atoms with van der Waals surface area (Å²) in [5, 5.41) is 25.5. The molecule has 1 aliphatic rings. The fourth-order valence-electron chi connectivity index (χ4n) is 4.07. The molecule has 5 rings (SSSR count). The number of aliphatic carboxylic acids is 1. The number of nitrogens with one attached hydrogen (secondary N) is 2. The number of benzene rings is 3. The highest BCUT2D eigenvalue weighted by atomic mass is 32.1. The molecule has 0 aliphatic carbocycles. The molecule has 186 valence electrons. The zero-order valence-corrected chi connectivity index (χ0v) is 20.3. The van der Waals surface area contributed by atoms with Crippen LogP contribution in [0.3, 0.4) is 0 Å². The monoisotopic (exact) mass is 507 g/mol. The van der Waals surface area contributed by atoms with Crippen LogP contribution < -0.4 is 24.8 Å². The first-order chi connectivity index (χ1) is 17.6. The fraction of sp³-hybridized carbons (Fsp3) is 0.231. The molecule has 0 unspecified atom stereocenters. The van der Waals surface area contributed by atoms with Crippen LogP contribution in [0.4, 0.5) is 11.5 Å². The van der Waals surface area contributed by atoms with Crippen LogP contribution in [0.15, 0.2) is 54.6 Å². The van der Waals surface area contributed by atoms with Gasteiger partial charge in [0, 0.05) is 17.5 Å². The predicted molar refractivity (Wildman–Crippen MR) is 138 cm³/mol. The maximum absolute atomic E-state index is 11.1. The third-order valence-corrected chi connectivity index (χ3v) is 6.70. The summed E-state index contributed by atoms with van der Waals surface area (Å²) < 4.78 is 22.7. The molecular weight excluding hydrogens is 482 g/mol. The molecule has 2 heterocycles. The number of carbonyl (C=O) groups is 1. The largest absolute Gasteiger partial charge is 0.494 e. The minimum atomic E-state index is -1.09. The van der Waals surface area contributed by atoms with E-state index in [-0.39, 0.29) is 0 Å². The van der Waals surface area contributed by atoms with Gasteiger partial charge in [0.2, 0.25) is 0 Å². The van der Waals surface area contributed by atoms with E-state index in [1.54, 1.807) is 7.11 Å². The van der Waals surface area contributed by atoms with Crippen LogP contribution in [-0.2, 0) is 11.3 Å². The zero-order chi connectivity index (χ0) is 25.1. The third kappa shape index (κ3) is 4.78. The minimum absolute atomic E-state index is 0.319. The quantitative estimate of drug-likeness (QED) is 0.266. The number of nitrogens with zero attached hydrogens (tertiary/aromatic N) is 1. The van der Waals surface area contributed by atoms with E-state index in [4.69, 9.17) is 19.3 Å². The number of carboxylic acid groups (broad SMARTS) is 1. The van der Waals surface area contributed by atoms with E-state index in [9.17, 15) is 9.90 Å². The zero-order valence-electron chi connectivity index (χ0n) is 19.5. The molecule has 4 aromatic rings. The summed E-state index contributed by atoms with van der Waals surface area (Å²) in [5.74, 6) is 1.74. The number of aliphatic hydroxyl groups is 1. The van der Waals surface area contributed by atoms with Crippen LogP contribution in [0.1, 0.15) is 5.56 Å². The first kappa shape index (κ1) is 23.9. The summed E-state index contributed by atoms with van der Waals surface area (Å²) in [6, 6.07) is 16.5. The molecule has 9 nitrogen and oxygen atoms in total. The van der Waals surface area contributed by atoms with Crippen LogP contribution in [0.2, 0.25) is 0 Å². The van der Waals surface area contributed by atoms with Crippen molar-refractivity contribution in [2.75, 3.05) is 32.2 Å². The number of para-hydroxylation sites is 1. The Balaban J connectivity index is 1.40. The van der Waals surface area contributed by atoms with Crippen LogP contribution in [0, 0.1) is 0 Å². The molecular formula is C26H25N3O6S. The maximum Gasteiger partial charge on any atom is 0.323 e. The summed E-state index contributed by atoms with van der Waals surface area (Å²) in [4.78, 5) is 11.1. The number of carboxylic acids is 1. The van der Waals surface area contributed by atoms with Crippen molar-refractivity contribution in [1.29, 1.82) is 0 Å². The SMILES string of the molecule is COc1c(Nc2nsc3cc(CN[C@@H](CO)C(=O)O)ccc23)cccc1-c1ccc2c(c1)OCCO2. The van der Waals surface area contributed by atoms with Gasteiger partial charge in [-0.15, -0.1) is 0 Å². The van der Waals surface area contributed by atoms with Crippen LogP contribution in [-0.4, -0.2) is 53.5 Å². The molecule has 1 aromatic heterocycles. The fourth-order valence-corrected chi connectivity index (χ4v) is 4.87. The number of aromatic nitrogens is 1. The smallest absolute Gasteiger partial charge is 0.323 e. The van der Waals surface area contributed by atoms with Crippen molar-refractivity contribution < 1.29 is 29.2 Å². The molecule has 0 spiro atoms. The summed E-state index contributed by atoms with van der Waals surface area (Å²) >= 11 is 1.35. The van der Waals surface area contributed by atoms with Gasteiger partial charge >= 0.3 is 5.97 Å². The van der Waals surface area contributed by atoms with Crippen molar-refractivity contribution in [2.45, 2.75) is 12.6 Å². The number of anilines is 2. The van der Waals surface area contributed by atoms with Crippen LogP contribution in [0.25, 0.3) is 21.2 Å². The van der Waals surface area contributed by atoms with Gasteiger partial charge in [0.15, 0.2) is 17.3 Å². The molecule has 0 amide bonds. The Morgan fingerprint density at radius 1 is 1.14 bits per heavy atom. The molecule has 0 fully saturated rings. The van der Waals surface area contributed by atoms with E-state index >= 15 is 0 Å². The van der Waals surface area contributed by atoms with Crippen molar-refractivity contribution in [3.8, 4) is 28.4 Å². The molecule has 10 heteroatoms. The van der Waals surface area contributed by atoms with E-state index in [2.05, 4.69) is 15.0 Å². The second kappa shape index (κ2) is 10.4. The lowest BCUT2D eigenvalue weighted by atomic mass is 10.0. The molecule has 0 saturated carbocycles. The van der Waals surface area contributed by atoms with Crippen molar-refractivity contribution in [1.82, 2.24) is 9.69 Å². The number of rotatable bonds is 9. The molecule has 4 N–H and O–H groups in total. The number of hydrogen-bond donors (Lipinski definition) is 4. The molecule has 1 aliphatic heterocycles. The lowest BCUT2D eigenvalue weighted by Gasteiger charge is -2.20.